The predicted octanol–water partition coefficient (Wildman–Crippen LogP) is 2.86. The summed E-state index contributed by atoms with van der Waals surface area (Å²) in [7, 11) is -2.77. The lowest BCUT2D eigenvalue weighted by Gasteiger charge is -2.30. The molecular formula is C17H26O4Si. The Labute approximate surface area is 133 Å². The van der Waals surface area contributed by atoms with Crippen LogP contribution in [0, 0.1) is 12.3 Å². The lowest BCUT2D eigenvalue weighted by Crippen LogP contribution is -2.50. The SMILES string of the molecule is Cc1ccc([Si](C)(O)CC(C)(C)C)c(C(=O)CCC(=O)O)c1. The molecule has 0 aliphatic carbocycles. The van der Waals surface area contributed by atoms with E-state index in [1.54, 1.807) is 6.07 Å². The van der Waals surface area contributed by atoms with Gasteiger partial charge in [-0.25, -0.2) is 0 Å². The number of Topliss-reactive ketones (excluding diaryl/α,β-unsaturated/α-hetero) is 1. The Morgan fingerprint density at radius 1 is 1.18 bits per heavy atom. The molecule has 0 aliphatic heterocycles. The van der Waals surface area contributed by atoms with Crippen molar-refractivity contribution in [3.8, 4) is 0 Å². The molecule has 0 saturated carbocycles. The number of carboxylic acid groups (broad SMARTS) is 1. The average Bonchev–Trinajstić information content (AvgIpc) is 2.32. The second kappa shape index (κ2) is 6.75. The molecule has 1 atom stereocenters. The number of benzene rings is 1. The van der Waals surface area contributed by atoms with E-state index in [2.05, 4.69) is 20.8 Å². The largest absolute Gasteiger partial charge is 0.481 e. The fourth-order valence-electron chi connectivity index (χ4n) is 2.84. The number of carbonyl (C=O) groups excluding carboxylic acids is 1. The number of hydrogen-bond acceptors (Lipinski definition) is 3. The number of rotatable bonds is 6. The fourth-order valence-corrected chi connectivity index (χ4v) is 6.33. The molecule has 0 bridgehead atoms. The molecule has 4 nitrogen and oxygen atoms in total. The van der Waals surface area contributed by atoms with Crippen molar-refractivity contribution in [3.63, 3.8) is 0 Å². The minimum absolute atomic E-state index is 0.0359. The van der Waals surface area contributed by atoms with Crippen molar-refractivity contribution in [3.05, 3.63) is 29.3 Å². The molecule has 1 aromatic carbocycles. The summed E-state index contributed by atoms with van der Waals surface area (Å²) in [6.45, 7) is 9.92. The lowest BCUT2D eigenvalue weighted by atomic mass is 10.0. The molecule has 1 aromatic rings. The molecule has 0 amide bonds. The molecular weight excluding hydrogens is 296 g/mol. The van der Waals surface area contributed by atoms with Gasteiger partial charge < -0.3 is 9.90 Å². The number of ketones is 1. The molecule has 0 aromatic heterocycles. The normalized spacial score (nSPS) is 14.5. The van der Waals surface area contributed by atoms with Crippen LogP contribution in [-0.2, 0) is 4.79 Å². The standard InChI is InChI=1S/C17H26O4Si/c1-12-6-8-15(22(5,21)11-17(2,3)4)13(10-12)14(18)7-9-16(19)20/h6,8,10,21H,7,9,11H2,1-5H3,(H,19,20). The highest BCUT2D eigenvalue weighted by molar-refractivity contribution is 6.85. The first-order valence-electron chi connectivity index (χ1n) is 7.51. The quantitative estimate of drug-likeness (QED) is 0.624. The smallest absolute Gasteiger partial charge is 0.303 e. The molecule has 0 saturated heterocycles. The minimum atomic E-state index is -2.77. The first-order valence-corrected chi connectivity index (χ1v) is 10.2. The number of carbonyl (C=O) groups is 2. The lowest BCUT2D eigenvalue weighted by molar-refractivity contribution is -0.136. The van der Waals surface area contributed by atoms with E-state index in [1.807, 2.05) is 25.6 Å². The number of aliphatic carboxylic acids is 1. The Hall–Kier alpha value is -1.46. The molecule has 1 rings (SSSR count). The van der Waals surface area contributed by atoms with E-state index in [-0.39, 0.29) is 24.0 Å². The van der Waals surface area contributed by atoms with Gasteiger partial charge in [0.2, 0.25) is 8.32 Å². The van der Waals surface area contributed by atoms with Crippen LogP contribution in [0.5, 0.6) is 0 Å². The van der Waals surface area contributed by atoms with Crippen LogP contribution in [0.25, 0.3) is 0 Å². The van der Waals surface area contributed by atoms with Crippen LogP contribution < -0.4 is 5.19 Å². The summed E-state index contributed by atoms with van der Waals surface area (Å²) in [5, 5.41) is 9.46. The van der Waals surface area contributed by atoms with Crippen molar-refractivity contribution in [2.24, 2.45) is 5.41 Å². The van der Waals surface area contributed by atoms with E-state index in [1.165, 1.54) is 0 Å². The molecule has 122 valence electrons. The fraction of sp³-hybridized carbons (Fsp3) is 0.529. The van der Waals surface area contributed by atoms with Gasteiger partial charge >= 0.3 is 5.97 Å². The molecule has 5 heteroatoms. The van der Waals surface area contributed by atoms with Crippen molar-refractivity contribution >= 4 is 25.3 Å². The van der Waals surface area contributed by atoms with Crippen molar-refractivity contribution in [1.82, 2.24) is 0 Å². The zero-order valence-electron chi connectivity index (χ0n) is 14.1. The molecule has 0 fully saturated rings. The van der Waals surface area contributed by atoms with E-state index in [0.717, 1.165) is 5.56 Å². The van der Waals surface area contributed by atoms with Crippen molar-refractivity contribution in [2.45, 2.75) is 53.1 Å². The monoisotopic (exact) mass is 322 g/mol. The first kappa shape index (κ1) is 18.6. The zero-order valence-corrected chi connectivity index (χ0v) is 15.1. The van der Waals surface area contributed by atoms with Gasteiger partial charge in [0, 0.05) is 12.0 Å². The third-order valence-corrected chi connectivity index (χ3v) is 6.84. The molecule has 22 heavy (non-hydrogen) atoms. The maximum Gasteiger partial charge on any atom is 0.303 e. The van der Waals surface area contributed by atoms with Gasteiger partial charge in [-0.15, -0.1) is 0 Å². The van der Waals surface area contributed by atoms with Gasteiger partial charge in [0.05, 0.1) is 6.42 Å². The topological polar surface area (TPSA) is 74.6 Å². The number of aryl methyl sites for hydroxylation is 1. The van der Waals surface area contributed by atoms with Gasteiger partial charge in [0.1, 0.15) is 0 Å². The third kappa shape index (κ3) is 5.39. The highest BCUT2D eigenvalue weighted by Crippen LogP contribution is 2.27. The van der Waals surface area contributed by atoms with Gasteiger partial charge in [0.25, 0.3) is 0 Å². The maximum atomic E-state index is 12.4. The third-order valence-electron chi connectivity index (χ3n) is 3.50. The summed E-state index contributed by atoms with van der Waals surface area (Å²) in [5.41, 5.74) is 1.38. The van der Waals surface area contributed by atoms with Gasteiger partial charge in [-0.1, -0.05) is 38.5 Å². The van der Waals surface area contributed by atoms with Crippen LogP contribution in [0.2, 0.25) is 12.6 Å². The first-order chi connectivity index (χ1) is 9.92. The maximum absolute atomic E-state index is 12.4. The van der Waals surface area contributed by atoms with E-state index >= 15 is 0 Å². The summed E-state index contributed by atoms with van der Waals surface area (Å²) in [6.07, 6.45) is -0.221. The summed E-state index contributed by atoms with van der Waals surface area (Å²) in [4.78, 5) is 34.1. The summed E-state index contributed by atoms with van der Waals surface area (Å²) in [5.74, 6) is -1.19. The van der Waals surface area contributed by atoms with Crippen LogP contribution in [0.4, 0.5) is 0 Å². The molecule has 0 radical (unpaired) electrons. The Morgan fingerprint density at radius 3 is 2.27 bits per heavy atom. The Morgan fingerprint density at radius 2 is 1.77 bits per heavy atom. The molecule has 1 unspecified atom stereocenters. The van der Waals surface area contributed by atoms with Crippen molar-refractivity contribution < 1.29 is 19.5 Å². The summed E-state index contributed by atoms with van der Waals surface area (Å²) in [6, 6.07) is 6.14. The number of hydrogen-bond donors (Lipinski definition) is 2. The predicted molar refractivity (Wildman–Crippen MR) is 90.1 cm³/mol. The van der Waals surface area contributed by atoms with E-state index in [4.69, 9.17) is 5.11 Å². The zero-order chi connectivity index (χ0) is 17.1. The molecule has 0 heterocycles. The summed E-state index contributed by atoms with van der Waals surface area (Å²) < 4.78 is 0. The van der Waals surface area contributed by atoms with Crippen LogP contribution in [0.3, 0.4) is 0 Å². The second-order valence-corrected chi connectivity index (χ2v) is 10.8. The van der Waals surface area contributed by atoms with Gasteiger partial charge in [-0.05, 0) is 36.2 Å². The molecule has 0 aliphatic rings. The molecule has 2 N–H and O–H groups in total. The Bertz CT molecular complexity index is 571. The van der Waals surface area contributed by atoms with E-state index < -0.39 is 14.3 Å². The van der Waals surface area contributed by atoms with Crippen LogP contribution in [-0.4, -0.2) is 30.0 Å². The minimum Gasteiger partial charge on any atom is -0.481 e. The highest BCUT2D eigenvalue weighted by Gasteiger charge is 2.35. The van der Waals surface area contributed by atoms with Crippen molar-refractivity contribution in [1.29, 1.82) is 0 Å². The van der Waals surface area contributed by atoms with Crippen LogP contribution >= 0.6 is 0 Å². The second-order valence-electron chi connectivity index (χ2n) is 7.38. The highest BCUT2D eigenvalue weighted by atomic mass is 28.4. The van der Waals surface area contributed by atoms with E-state index in [9.17, 15) is 14.4 Å². The molecule has 0 spiro atoms. The Kier molecular flexibility index (Phi) is 5.70. The van der Waals surface area contributed by atoms with Gasteiger partial charge in [-0.3, -0.25) is 9.59 Å². The van der Waals surface area contributed by atoms with Crippen LogP contribution in [0.15, 0.2) is 18.2 Å². The number of carboxylic acids is 1. The van der Waals surface area contributed by atoms with Crippen LogP contribution in [0.1, 0.15) is 49.5 Å². The van der Waals surface area contributed by atoms with Gasteiger partial charge in [0.15, 0.2) is 5.78 Å². The average molecular weight is 322 g/mol. The van der Waals surface area contributed by atoms with Crippen molar-refractivity contribution in [2.75, 3.05) is 0 Å². The van der Waals surface area contributed by atoms with Gasteiger partial charge in [-0.2, -0.15) is 0 Å². The summed E-state index contributed by atoms with van der Waals surface area (Å²) >= 11 is 0. The van der Waals surface area contributed by atoms with E-state index in [0.29, 0.717) is 16.8 Å². The Balaban J connectivity index is 3.20.